The molecule has 4 rings (SSSR count). The summed E-state index contributed by atoms with van der Waals surface area (Å²) < 4.78 is 0. The molecule has 2 aromatic carbocycles. The van der Waals surface area contributed by atoms with Crippen LogP contribution < -0.4 is 10.2 Å². The van der Waals surface area contributed by atoms with Gasteiger partial charge in [0.1, 0.15) is 11.4 Å². The summed E-state index contributed by atoms with van der Waals surface area (Å²) in [6, 6.07) is 18.0. The summed E-state index contributed by atoms with van der Waals surface area (Å²) in [6.45, 7) is 5.87. The Morgan fingerprint density at radius 3 is 2.55 bits per heavy atom. The molecule has 1 aliphatic rings. The van der Waals surface area contributed by atoms with Gasteiger partial charge in [-0.3, -0.25) is 4.79 Å². The second-order valence-electron chi connectivity index (χ2n) is 7.60. The number of aromatic nitrogens is 2. The Labute approximate surface area is 171 Å². The fourth-order valence-electron chi connectivity index (χ4n) is 3.73. The van der Waals surface area contributed by atoms with Gasteiger partial charge in [0.05, 0.1) is 6.04 Å². The van der Waals surface area contributed by atoms with Gasteiger partial charge < -0.3 is 10.2 Å². The Hall–Kier alpha value is -3.21. The molecule has 1 fully saturated rings. The largest absolute Gasteiger partial charge is 0.356 e. The van der Waals surface area contributed by atoms with E-state index in [1.165, 1.54) is 0 Å². The van der Waals surface area contributed by atoms with Gasteiger partial charge in [0.25, 0.3) is 5.91 Å². The average Bonchev–Trinajstić information content (AvgIpc) is 3.29. The molecule has 2 heterocycles. The van der Waals surface area contributed by atoms with Crippen LogP contribution in [-0.4, -0.2) is 29.0 Å². The monoisotopic (exact) mass is 386 g/mol. The van der Waals surface area contributed by atoms with Gasteiger partial charge >= 0.3 is 0 Å². The molecule has 0 unspecified atom stereocenters. The lowest BCUT2D eigenvalue weighted by Gasteiger charge is -2.21. The predicted molar refractivity (Wildman–Crippen MR) is 116 cm³/mol. The van der Waals surface area contributed by atoms with Gasteiger partial charge in [-0.05, 0) is 38.3 Å². The zero-order chi connectivity index (χ0) is 20.2. The van der Waals surface area contributed by atoms with Crippen LogP contribution in [0.2, 0.25) is 0 Å². The van der Waals surface area contributed by atoms with E-state index in [0.29, 0.717) is 11.4 Å². The lowest BCUT2D eigenvalue weighted by molar-refractivity contribution is 0.0939. The van der Waals surface area contributed by atoms with E-state index in [2.05, 4.69) is 34.3 Å². The van der Waals surface area contributed by atoms with E-state index < -0.39 is 0 Å². The van der Waals surface area contributed by atoms with E-state index in [1.54, 1.807) is 6.20 Å². The molecule has 5 heteroatoms. The third-order valence-electron chi connectivity index (χ3n) is 5.34. The molecule has 0 bridgehead atoms. The van der Waals surface area contributed by atoms with Crippen LogP contribution in [0.1, 0.15) is 47.3 Å². The van der Waals surface area contributed by atoms with Gasteiger partial charge in [0.15, 0.2) is 5.82 Å². The van der Waals surface area contributed by atoms with E-state index in [0.717, 1.165) is 48.4 Å². The van der Waals surface area contributed by atoms with Crippen LogP contribution in [0.15, 0.2) is 60.8 Å². The highest BCUT2D eigenvalue weighted by Crippen LogP contribution is 2.26. The number of anilines is 1. The zero-order valence-corrected chi connectivity index (χ0v) is 16.9. The maximum absolute atomic E-state index is 13.1. The first kappa shape index (κ1) is 19.1. The maximum Gasteiger partial charge on any atom is 0.257 e. The van der Waals surface area contributed by atoms with Crippen molar-refractivity contribution >= 4 is 11.7 Å². The first-order valence-electron chi connectivity index (χ1n) is 10.2. The van der Waals surface area contributed by atoms with Crippen molar-refractivity contribution in [3.63, 3.8) is 0 Å². The molecule has 148 valence electrons. The molecule has 3 aromatic rings. The highest BCUT2D eigenvalue weighted by molar-refractivity contribution is 5.99. The van der Waals surface area contributed by atoms with E-state index in [-0.39, 0.29) is 11.9 Å². The van der Waals surface area contributed by atoms with Gasteiger partial charge in [-0.25, -0.2) is 9.97 Å². The Balaban J connectivity index is 1.65. The number of aryl methyl sites for hydroxylation is 1. The first-order valence-corrected chi connectivity index (χ1v) is 10.2. The minimum atomic E-state index is -0.140. The molecule has 0 spiro atoms. The molecule has 1 amide bonds. The summed E-state index contributed by atoms with van der Waals surface area (Å²) in [5.41, 5.74) is 3.73. The number of amides is 1. The summed E-state index contributed by atoms with van der Waals surface area (Å²) in [4.78, 5) is 24.6. The molecule has 1 N–H and O–H groups in total. The fraction of sp³-hybridized carbons (Fsp3) is 0.292. The lowest BCUT2D eigenvalue weighted by atomic mass is 10.1. The number of carbonyl (C=O) groups excluding carboxylic acids is 1. The van der Waals surface area contributed by atoms with Crippen molar-refractivity contribution in [2.75, 3.05) is 18.0 Å². The van der Waals surface area contributed by atoms with E-state index in [1.807, 2.05) is 49.4 Å². The third-order valence-corrected chi connectivity index (χ3v) is 5.34. The minimum absolute atomic E-state index is 0.0911. The second kappa shape index (κ2) is 8.43. The van der Waals surface area contributed by atoms with Crippen LogP contribution in [-0.2, 0) is 0 Å². The van der Waals surface area contributed by atoms with Crippen LogP contribution in [0.4, 0.5) is 5.82 Å². The molecule has 5 nitrogen and oxygen atoms in total. The molecular formula is C24H26N4O. The van der Waals surface area contributed by atoms with Crippen LogP contribution in [0, 0.1) is 6.92 Å². The Morgan fingerprint density at radius 1 is 1.07 bits per heavy atom. The van der Waals surface area contributed by atoms with Crippen molar-refractivity contribution in [2.24, 2.45) is 0 Å². The molecule has 0 saturated carbocycles. The van der Waals surface area contributed by atoms with E-state index in [4.69, 9.17) is 4.98 Å². The number of nitrogens with one attached hydrogen (secondary N) is 1. The van der Waals surface area contributed by atoms with Crippen molar-refractivity contribution < 1.29 is 4.79 Å². The SMILES string of the molecule is Cc1cccc(-c2ncc(C(=O)N[C@H](C)c3ccccc3)c(N3CCCC3)n2)c1. The normalized spacial score (nSPS) is 14.6. The molecule has 1 atom stereocenters. The summed E-state index contributed by atoms with van der Waals surface area (Å²) in [6.07, 6.45) is 3.90. The van der Waals surface area contributed by atoms with Crippen LogP contribution in [0.3, 0.4) is 0 Å². The van der Waals surface area contributed by atoms with Crippen LogP contribution >= 0.6 is 0 Å². The van der Waals surface area contributed by atoms with Gasteiger partial charge in [-0.1, -0.05) is 54.1 Å². The Kier molecular flexibility index (Phi) is 5.56. The molecular weight excluding hydrogens is 360 g/mol. The number of carbonyl (C=O) groups is 1. The molecule has 1 aliphatic heterocycles. The van der Waals surface area contributed by atoms with Gasteiger partial charge in [-0.15, -0.1) is 0 Å². The highest BCUT2D eigenvalue weighted by Gasteiger charge is 2.23. The summed E-state index contributed by atoms with van der Waals surface area (Å²) >= 11 is 0. The van der Waals surface area contributed by atoms with E-state index in [9.17, 15) is 4.79 Å². The van der Waals surface area contributed by atoms with Crippen molar-refractivity contribution in [3.8, 4) is 11.4 Å². The maximum atomic E-state index is 13.1. The molecule has 1 aromatic heterocycles. The highest BCUT2D eigenvalue weighted by atomic mass is 16.1. The van der Waals surface area contributed by atoms with E-state index >= 15 is 0 Å². The fourth-order valence-corrected chi connectivity index (χ4v) is 3.73. The summed E-state index contributed by atoms with van der Waals surface area (Å²) in [5.74, 6) is 1.24. The van der Waals surface area contributed by atoms with Gasteiger partial charge in [0, 0.05) is 24.8 Å². The smallest absolute Gasteiger partial charge is 0.257 e. The topological polar surface area (TPSA) is 58.1 Å². The number of hydrogen-bond donors (Lipinski definition) is 1. The second-order valence-corrected chi connectivity index (χ2v) is 7.60. The summed E-state index contributed by atoms with van der Waals surface area (Å²) in [7, 11) is 0. The first-order chi connectivity index (χ1) is 14.1. The van der Waals surface area contributed by atoms with Gasteiger partial charge in [0.2, 0.25) is 0 Å². The number of nitrogens with zero attached hydrogens (tertiary/aromatic N) is 3. The molecule has 0 aliphatic carbocycles. The number of rotatable bonds is 5. The van der Waals surface area contributed by atoms with Crippen molar-refractivity contribution in [1.82, 2.24) is 15.3 Å². The summed E-state index contributed by atoms with van der Waals surface area (Å²) in [5, 5.41) is 3.10. The average molecular weight is 386 g/mol. The quantitative estimate of drug-likeness (QED) is 0.699. The number of hydrogen-bond acceptors (Lipinski definition) is 4. The van der Waals surface area contributed by atoms with Crippen LogP contribution in [0.5, 0.6) is 0 Å². The third kappa shape index (κ3) is 4.29. The Morgan fingerprint density at radius 2 is 1.83 bits per heavy atom. The minimum Gasteiger partial charge on any atom is -0.356 e. The molecule has 0 radical (unpaired) electrons. The molecule has 1 saturated heterocycles. The number of benzene rings is 2. The van der Waals surface area contributed by atoms with Gasteiger partial charge in [-0.2, -0.15) is 0 Å². The lowest BCUT2D eigenvalue weighted by Crippen LogP contribution is -2.30. The van der Waals surface area contributed by atoms with Crippen molar-refractivity contribution in [1.29, 1.82) is 0 Å². The Bertz CT molecular complexity index is 997. The zero-order valence-electron chi connectivity index (χ0n) is 16.9. The predicted octanol–water partition coefficient (Wildman–Crippen LogP) is 4.54. The molecule has 29 heavy (non-hydrogen) atoms. The van der Waals surface area contributed by atoms with Crippen molar-refractivity contribution in [2.45, 2.75) is 32.7 Å². The van der Waals surface area contributed by atoms with Crippen LogP contribution in [0.25, 0.3) is 11.4 Å². The van der Waals surface area contributed by atoms with Crippen molar-refractivity contribution in [3.05, 3.63) is 77.5 Å². The standard InChI is InChI=1S/C24H26N4O/c1-17-9-8-12-20(15-17)22-25-16-21(23(27-22)28-13-6-7-14-28)24(29)26-18(2)19-10-4-3-5-11-19/h3-5,8-12,15-16,18H,6-7,13-14H2,1-2H3,(H,26,29)/t18-/m1/s1.